The fourth-order valence-corrected chi connectivity index (χ4v) is 3.98. The van der Waals surface area contributed by atoms with Gasteiger partial charge in [0.25, 0.3) is 5.91 Å². The lowest BCUT2D eigenvalue weighted by Gasteiger charge is -2.17. The summed E-state index contributed by atoms with van der Waals surface area (Å²) in [7, 11) is 1.81. The van der Waals surface area contributed by atoms with E-state index in [1.165, 1.54) is 11.1 Å². The first kappa shape index (κ1) is 15.9. The van der Waals surface area contributed by atoms with Crippen molar-refractivity contribution in [1.29, 1.82) is 0 Å². The van der Waals surface area contributed by atoms with Gasteiger partial charge in [-0.1, -0.05) is 30.3 Å². The van der Waals surface area contributed by atoms with Crippen LogP contribution in [0.3, 0.4) is 0 Å². The Morgan fingerprint density at radius 1 is 1.04 bits per heavy atom. The Hall–Kier alpha value is -2.57. The lowest BCUT2D eigenvalue weighted by atomic mass is 10.1. The normalized spacial score (nSPS) is 10.9. The maximum atomic E-state index is 12.8. The van der Waals surface area contributed by atoms with Crippen LogP contribution >= 0.6 is 23.1 Å². The Balaban J connectivity index is 1.52. The fraction of sp³-hybridized carbons (Fsp3) is 0.105. The van der Waals surface area contributed by atoms with Gasteiger partial charge in [0.2, 0.25) is 0 Å². The quantitative estimate of drug-likeness (QED) is 0.527. The van der Waals surface area contributed by atoms with Crippen molar-refractivity contribution in [2.75, 3.05) is 7.05 Å². The van der Waals surface area contributed by atoms with Crippen LogP contribution in [0.25, 0.3) is 22.2 Å². The first-order valence-corrected chi connectivity index (χ1v) is 9.48. The van der Waals surface area contributed by atoms with Crippen LogP contribution in [0.5, 0.6) is 0 Å². The number of nitrogens with zero attached hydrogens (tertiary/aromatic N) is 3. The molecule has 4 aromatic rings. The number of carbonyl (C=O) groups is 1. The average molecular weight is 365 g/mol. The molecule has 0 saturated carbocycles. The summed E-state index contributed by atoms with van der Waals surface area (Å²) in [6.07, 6.45) is 0. The number of amides is 1. The van der Waals surface area contributed by atoms with Gasteiger partial charge in [0, 0.05) is 13.6 Å². The van der Waals surface area contributed by atoms with Gasteiger partial charge in [-0.25, -0.2) is 0 Å². The molecular formula is C19H15N3OS2. The second-order valence-corrected chi connectivity index (χ2v) is 7.12. The Bertz CT molecular complexity index is 1010. The van der Waals surface area contributed by atoms with E-state index in [4.69, 9.17) is 0 Å². The molecule has 2 heterocycles. The van der Waals surface area contributed by atoms with Crippen LogP contribution in [0, 0.1) is 0 Å². The standard InChI is InChI=1S/C19H15N3OS2/c1-22(19(23)16-3-2-4-17-18(16)21-25-20-17)11-13-5-7-14(8-6-13)15-9-10-24-12-15/h2-10,12H,11H2,1H3. The predicted octanol–water partition coefficient (Wildman–Crippen LogP) is 4.69. The van der Waals surface area contributed by atoms with Gasteiger partial charge in [-0.15, -0.1) is 0 Å². The summed E-state index contributed by atoms with van der Waals surface area (Å²) < 4.78 is 8.45. The summed E-state index contributed by atoms with van der Waals surface area (Å²) in [4.78, 5) is 14.5. The van der Waals surface area contributed by atoms with E-state index >= 15 is 0 Å². The Labute approximate surface area is 153 Å². The lowest BCUT2D eigenvalue weighted by molar-refractivity contribution is 0.0787. The zero-order valence-electron chi connectivity index (χ0n) is 13.5. The third-order valence-corrected chi connectivity index (χ3v) is 5.32. The van der Waals surface area contributed by atoms with E-state index in [1.807, 2.05) is 25.2 Å². The van der Waals surface area contributed by atoms with Crippen LogP contribution in [-0.4, -0.2) is 26.6 Å². The second-order valence-electron chi connectivity index (χ2n) is 5.81. The van der Waals surface area contributed by atoms with Gasteiger partial charge in [-0.3, -0.25) is 4.79 Å². The van der Waals surface area contributed by atoms with Crippen LogP contribution in [0.1, 0.15) is 15.9 Å². The van der Waals surface area contributed by atoms with E-state index in [1.54, 1.807) is 16.2 Å². The molecule has 0 atom stereocenters. The van der Waals surface area contributed by atoms with Crippen LogP contribution < -0.4 is 0 Å². The van der Waals surface area contributed by atoms with E-state index < -0.39 is 0 Å². The number of hydrogen-bond donors (Lipinski definition) is 0. The van der Waals surface area contributed by atoms with Crippen LogP contribution in [-0.2, 0) is 6.54 Å². The summed E-state index contributed by atoms with van der Waals surface area (Å²) in [5.41, 5.74) is 5.56. The van der Waals surface area contributed by atoms with Gasteiger partial charge in [0.05, 0.1) is 17.3 Å². The molecule has 0 bridgehead atoms. The number of hydrogen-bond acceptors (Lipinski definition) is 5. The Morgan fingerprint density at radius 2 is 1.88 bits per heavy atom. The molecule has 4 rings (SSSR count). The smallest absolute Gasteiger partial charge is 0.256 e. The minimum Gasteiger partial charge on any atom is -0.337 e. The SMILES string of the molecule is CN(Cc1ccc(-c2ccsc2)cc1)C(=O)c1cccc2nsnc12. The molecule has 2 aromatic heterocycles. The first-order valence-electron chi connectivity index (χ1n) is 7.80. The molecule has 0 N–H and O–H groups in total. The predicted molar refractivity (Wildman–Crippen MR) is 103 cm³/mol. The van der Waals surface area contributed by atoms with Crippen molar-refractivity contribution in [2.45, 2.75) is 6.54 Å². The average Bonchev–Trinajstić information content (AvgIpc) is 3.33. The van der Waals surface area contributed by atoms with E-state index in [0.29, 0.717) is 17.6 Å². The molecule has 4 nitrogen and oxygen atoms in total. The molecule has 25 heavy (non-hydrogen) atoms. The Morgan fingerprint density at radius 3 is 2.64 bits per heavy atom. The number of benzene rings is 2. The van der Waals surface area contributed by atoms with Crippen LogP contribution in [0.2, 0.25) is 0 Å². The molecule has 0 unspecified atom stereocenters. The van der Waals surface area contributed by atoms with Crippen molar-refractivity contribution in [1.82, 2.24) is 13.6 Å². The number of thiophene rings is 1. The van der Waals surface area contributed by atoms with E-state index in [0.717, 1.165) is 22.8 Å². The molecule has 0 aliphatic rings. The van der Waals surface area contributed by atoms with Crippen molar-refractivity contribution in [3.8, 4) is 11.1 Å². The largest absolute Gasteiger partial charge is 0.337 e. The lowest BCUT2D eigenvalue weighted by Crippen LogP contribution is -2.26. The number of rotatable bonds is 4. The third-order valence-electron chi connectivity index (χ3n) is 4.09. The summed E-state index contributed by atoms with van der Waals surface area (Å²) >= 11 is 2.82. The van der Waals surface area contributed by atoms with Gasteiger partial charge in [-0.05, 0) is 45.6 Å². The fourth-order valence-electron chi connectivity index (χ4n) is 2.76. The zero-order chi connectivity index (χ0) is 17.2. The molecule has 0 aliphatic carbocycles. The summed E-state index contributed by atoms with van der Waals surface area (Å²) in [6.45, 7) is 0.552. The molecule has 0 radical (unpaired) electrons. The molecule has 1 amide bonds. The van der Waals surface area contributed by atoms with E-state index in [9.17, 15) is 4.79 Å². The minimum atomic E-state index is -0.0415. The molecule has 2 aromatic carbocycles. The highest BCUT2D eigenvalue weighted by molar-refractivity contribution is 7.08. The van der Waals surface area contributed by atoms with E-state index in [2.05, 4.69) is 49.8 Å². The van der Waals surface area contributed by atoms with Crippen molar-refractivity contribution < 1.29 is 4.79 Å². The van der Waals surface area contributed by atoms with Crippen molar-refractivity contribution in [3.63, 3.8) is 0 Å². The maximum Gasteiger partial charge on any atom is 0.256 e. The summed E-state index contributed by atoms with van der Waals surface area (Å²) in [5, 5.41) is 4.21. The summed E-state index contributed by atoms with van der Waals surface area (Å²) in [5.74, 6) is -0.0415. The summed E-state index contributed by atoms with van der Waals surface area (Å²) in [6, 6.07) is 16.0. The maximum absolute atomic E-state index is 12.8. The van der Waals surface area contributed by atoms with Gasteiger partial charge in [0.1, 0.15) is 11.0 Å². The first-order chi connectivity index (χ1) is 12.2. The molecule has 124 valence electrons. The van der Waals surface area contributed by atoms with Crippen molar-refractivity contribution in [2.24, 2.45) is 0 Å². The molecule has 0 spiro atoms. The monoisotopic (exact) mass is 365 g/mol. The van der Waals surface area contributed by atoms with Crippen LogP contribution in [0.4, 0.5) is 0 Å². The van der Waals surface area contributed by atoms with Gasteiger partial charge in [-0.2, -0.15) is 20.1 Å². The zero-order valence-corrected chi connectivity index (χ0v) is 15.2. The van der Waals surface area contributed by atoms with Gasteiger partial charge >= 0.3 is 0 Å². The third kappa shape index (κ3) is 3.18. The molecular weight excluding hydrogens is 350 g/mol. The van der Waals surface area contributed by atoms with Crippen molar-refractivity contribution >= 4 is 40.0 Å². The highest BCUT2D eigenvalue weighted by atomic mass is 32.1. The van der Waals surface area contributed by atoms with Gasteiger partial charge in [0.15, 0.2) is 0 Å². The molecule has 0 fully saturated rings. The molecule has 6 heteroatoms. The van der Waals surface area contributed by atoms with Gasteiger partial charge < -0.3 is 4.90 Å². The van der Waals surface area contributed by atoms with E-state index in [-0.39, 0.29) is 5.91 Å². The Kier molecular flexibility index (Phi) is 4.29. The minimum absolute atomic E-state index is 0.0415. The molecule has 0 saturated heterocycles. The highest BCUT2D eigenvalue weighted by Gasteiger charge is 2.17. The highest BCUT2D eigenvalue weighted by Crippen LogP contribution is 2.23. The number of aromatic nitrogens is 2. The number of fused-ring (bicyclic) bond motifs is 1. The number of carbonyl (C=O) groups excluding carboxylic acids is 1. The van der Waals surface area contributed by atoms with Crippen molar-refractivity contribution in [3.05, 3.63) is 70.4 Å². The second kappa shape index (κ2) is 6.74. The topological polar surface area (TPSA) is 46.1 Å². The molecule has 0 aliphatic heterocycles. The van der Waals surface area contributed by atoms with Crippen LogP contribution in [0.15, 0.2) is 59.3 Å².